The van der Waals surface area contributed by atoms with E-state index in [1.807, 2.05) is 0 Å². The summed E-state index contributed by atoms with van der Waals surface area (Å²) in [6.07, 6.45) is 0. The summed E-state index contributed by atoms with van der Waals surface area (Å²) in [6.45, 7) is 21.1. The van der Waals surface area contributed by atoms with Crippen molar-refractivity contribution in [1.29, 1.82) is 0 Å². The van der Waals surface area contributed by atoms with Crippen molar-refractivity contribution >= 4 is 58.3 Å². The molecule has 0 nitrogen and oxygen atoms in total. The molecule has 0 amide bonds. The molecule has 0 aliphatic heterocycles. The van der Waals surface area contributed by atoms with Crippen LogP contribution in [0.15, 0.2) is 12.1 Å². The molecule has 0 N–H and O–H groups in total. The van der Waals surface area contributed by atoms with Crippen LogP contribution in [0.1, 0.15) is 62.3 Å². The summed E-state index contributed by atoms with van der Waals surface area (Å²) in [7, 11) is 0. The van der Waals surface area contributed by atoms with Gasteiger partial charge in [0.15, 0.2) is 0 Å². The number of rotatable bonds is 3. The summed E-state index contributed by atoms with van der Waals surface area (Å²) < 4.78 is 5.70. The van der Waals surface area contributed by atoms with Crippen LogP contribution in [0.25, 0.3) is 0 Å². The molecule has 119 valence electrons. The molecule has 0 fully saturated rings. The molecule has 0 aromatic heterocycles. The monoisotopic (exact) mass is 485 g/mol. The SMILES string of the molecule is CC(C)(C)[Se]c1[c]c([Se]C(C)(C)C)cc([Se]C(C)(C)C)c1. The zero-order valence-electron chi connectivity index (χ0n) is 14.9. The standard InChI is InChI=1S/C18H29Se3/c1-16(2,3)19-13-10-14(20-17(4,5)6)12-15(11-13)21-18(7,8)9/h10-11H,1-9H3. The first-order valence-corrected chi connectivity index (χ1v) is 12.5. The first-order valence-electron chi connectivity index (χ1n) is 7.38. The fourth-order valence-electron chi connectivity index (χ4n) is 1.68. The first kappa shape index (κ1) is 19.8. The van der Waals surface area contributed by atoms with Gasteiger partial charge in [-0.3, -0.25) is 0 Å². The van der Waals surface area contributed by atoms with E-state index in [0.717, 1.165) is 0 Å². The van der Waals surface area contributed by atoms with Crippen LogP contribution >= 0.6 is 0 Å². The summed E-state index contributed by atoms with van der Waals surface area (Å²) >= 11 is 1.53. The molecular formula is C18H29Se3. The predicted octanol–water partition coefficient (Wildman–Crippen LogP) is 3.13. The van der Waals surface area contributed by atoms with Crippen LogP contribution in [0.4, 0.5) is 0 Å². The topological polar surface area (TPSA) is 0 Å². The molecule has 1 aromatic rings. The van der Waals surface area contributed by atoms with E-state index in [4.69, 9.17) is 0 Å². The predicted molar refractivity (Wildman–Crippen MR) is 101 cm³/mol. The molecule has 0 aliphatic rings. The molecule has 1 radical (unpaired) electrons. The molecule has 0 aliphatic carbocycles. The number of hydrogen-bond donors (Lipinski definition) is 0. The molecule has 21 heavy (non-hydrogen) atoms. The van der Waals surface area contributed by atoms with Gasteiger partial charge in [-0.1, -0.05) is 0 Å². The summed E-state index contributed by atoms with van der Waals surface area (Å²) in [6, 6.07) is 8.64. The molecule has 0 heterocycles. The molecule has 0 saturated heterocycles. The van der Waals surface area contributed by atoms with Crippen LogP contribution in [-0.2, 0) is 0 Å². The van der Waals surface area contributed by atoms with E-state index < -0.39 is 0 Å². The maximum atomic E-state index is 3.75. The molecule has 0 atom stereocenters. The third-order valence-corrected chi connectivity index (χ3v) is 8.74. The van der Waals surface area contributed by atoms with Crippen LogP contribution in [0.5, 0.6) is 0 Å². The van der Waals surface area contributed by atoms with Crippen molar-refractivity contribution in [2.24, 2.45) is 0 Å². The molecule has 0 saturated carbocycles. The van der Waals surface area contributed by atoms with Gasteiger partial charge in [0, 0.05) is 0 Å². The van der Waals surface area contributed by atoms with E-state index >= 15 is 0 Å². The van der Waals surface area contributed by atoms with Gasteiger partial charge in [-0.2, -0.15) is 0 Å². The minimum atomic E-state index is 0.392. The molecule has 0 spiro atoms. The fourth-order valence-corrected chi connectivity index (χ4v) is 9.21. The van der Waals surface area contributed by atoms with E-state index in [9.17, 15) is 0 Å². The molecular weight excluding hydrogens is 453 g/mol. The molecule has 0 bridgehead atoms. The molecule has 3 heteroatoms. The maximum absolute atomic E-state index is 3.75. The third kappa shape index (κ3) is 9.50. The van der Waals surface area contributed by atoms with Gasteiger partial charge in [0.05, 0.1) is 0 Å². The van der Waals surface area contributed by atoms with E-state index in [-0.39, 0.29) is 0 Å². The van der Waals surface area contributed by atoms with Gasteiger partial charge >= 0.3 is 152 Å². The van der Waals surface area contributed by atoms with Gasteiger partial charge in [0.1, 0.15) is 0 Å². The van der Waals surface area contributed by atoms with Gasteiger partial charge in [0.2, 0.25) is 0 Å². The van der Waals surface area contributed by atoms with Crippen molar-refractivity contribution in [3.63, 3.8) is 0 Å². The van der Waals surface area contributed by atoms with Gasteiger partial charge in [-0.25, -0.2) is 0 Å². The normalized spacial score (nSPS) is 13.6. The van der Waals surface area contributed by atoms with Gasteiger partial charge in [-0.15, -0.1) is 0 Å². The Labute approximate surface area is 151 Å². The minimum absolute atomic E-state index is 0.392. The van der Waals surface area contributed by atoms with E-state index in [1.54, 1.807) is 4.46 Å². The number of benzene rings is 1. The third-order valence-electron chi connectivity index (χ3n) is 2.05. The van der Waals surface area contributed by atoms with E-state index in [2.05, 4.69) is 80.5 Å². The Morgan fingerprint density at radius 2 is 0.952 bits per heavy atom. The quantitative estimate of drug-likeness (QED) is 0.582. The van der Waals surface area contributed by atoms with Crippen molar-refractivity contribution in [1.82, 2.24) is 0 Å². The summed E-state index contributed by atoms with van der Waals surface area (Å²) in [5.74, 6) is 0. The zero-order valence-corrected chi connectivity index (χ0v) is 20.0. The Kier molecular flexibility index (Phi) is 6.73. The van der Waals surface area contributed by atoms with Gasteiger partial charge in [-0.05, 0) is 0 Å². The molecule has 1 aromatic carbocycles. The second-order valence-corrected chi connectivity index (χ2v) is 20.0. The van der Waals surface area contributed by atoms with Crippen LogP contribution in [0.2, 0.25) is 12.9 Å². The van der Waals surface area contributed by atoms with Crippen LogP contribution in [0, 0.1) is 6.07 Å². The van der Waals surface area contributed by atoms with E-state index in [0.29, 0.717) is 57.8 Å². The van der Waals surface area contributed by atoms with Gasteiger partial charge < -0.3 is 0 Å². The Bertz CT molecular complexity index is 387. The molecule has 1 rings (SSSR count). The molecule has 0 unspecified atom stereocenters. The average Bonchev–Trinajstić information content (AvgIpc) is 2.06. The second kappa shape index (κ2) is 7.12. The zero-order chi connectivity index (χ0) is 16.5. The van der Waals surface area contributed by atoms with E-state index in [1.165, 1.54) is 8.92 Å². The van der Waals surface area contributed by atoms with Crippen molar-refractivity contribution in [2.75, 3.05) is 0 Å². The summed E-state index contributed by atoms with van der Waals surface area (Å²) in [4.78, 5) is 0. The van der Waals surface area contributed by atoms with Crippen LogP contribution in [0.3, 0.4) is 0 Å². The Balaban J connectivity index is 3.13. The van der Waals surface area contributed by atoms with Crippen LogP contribution < -0.4 is 13.4 Å². The first-order chi connectivity index (χ1) is 9.23. The van der Waals surface area contributed by atoms with Crippen molar-refractivity contribution in [3.05, 3.63) is 18.2 Å². The fraction of sp³-hybridized carbons (Fsp3) is 0.667. The Morgan fingerprint density at radius 1 is 0.619 bits per heavy atom. The summed E-state index contributed by atoms with van der Waals surface area (Å²) in [5, 5.41) is 0. The Hall–Kier alpha value is 0.778. The Morgan fingerprint density at radius 3 is 1.24 bits per heavy atom. The van der Waals surface area contributed by atoms with Crippen LogP contribution in [-0.4, -0.2) is 44.9 Å². The number of hydrogen-bond acceptors (Lipinski definition) is 0. The van der Waals surface area contributed by atoms with Crippen molar-refractivity contribution in [3.8, 4) is 0 Å². The average molecular weight is 482 g/mol. The van der Waals surface area contributed by atoms with Gasteiger partial charge in [0.25, 0.3) is 0 Å². The summed E-state index contributed by atoms with van der Waals surface area (Å²) in [5.41, 5.74) is 0. The van der Waals surface area contributed by atoms with Crippen molar-refractivity contribution < 1.29 is 0 Å². The van der Waals surface area contributed by atoms with Crippen molar-refractivity contribution in [2.45, 2.75) is 75.3 Å². The second-order valence-electron chi connectivity index (χ2n) is 8.19.